The summed E-state index contributed by atoms with van der Waals surface area (Å²) in [5.74, 6) is 0.868. The van der Waals surface area contributed by atoms with Gasteiger partial charge in [-0.05, 0) is 25.3 Å². The van der Waals surface area contributed by atoms with Crippen molar-refractivity contribution in [3.05, 3.63) is 28.3 Å². The van der Waals surface area contributed by atoms with Crippen LogP contribution in [0.2, 0.25) is 0 Å². The molecule has 6 heteroatoms. The first-order valence-corrected chi connectivity index (χ1v) is 6.27. The number of methoxy groups -OCH3 is 1. The van der Waals surface area contributed by atoms with Crippen LogP contribution < -0.4 is 9.47 Å². The Bertz CT molecular complexity index is 443. The van der Waals surface area contributed by atoms with Gasteiger partial charge in [-0.25, -0.2) is 0 Å². The van der Waals surface area contributed by atoms with Gasteiger partial charge in [0, 0.05) is 12.7 Å². The summed E-state index contributed by atoms with van der Waals surface area (Å²) in [4.78, 5) is 10.2. The van der Waals surface area contributed by atoms with E-state index >= 15 is 0 Å². The number of benzene rings is 1. The van der Waals surface area contributed by atoms with Crippen LogP contribution in [0.15, 0.2) is 18.2 Å². The van der Waals surface area contributed by atoms with Crippen LogP contribution in [0.3, 0.4) is 0 Å². The largest absolute Gasteiger partial charge is 0.493 e. The fraction of sp³-hybridized carbons (Fsp3) is 0.538. The van der Waals surface area contributed by atoms with Crippen LogP contribution in [0.25, 0.3) is 0 Å². The minimum atomic E-state index is -0.462. The lowest BCUT2D eigenvalue weighted by molar-refractivity contribution is -0.385. The van der Waals surface area contributed by atoms with E-state index in [1.165, 1.54) is 19.2 Å². The summed E-state index contributed by atoms with van der Waals surface area (Å²) in [6.45, 7) is 1.21. The molecule has 0 N–H and O–H groups in total. The summed E-state index contributed by atoms with van der Waals surface area (Å²) in [7, 11) is 1.46. The Kier molecular flexibility index (Phi) is 4.57. The number of hydrogen-bond donors (Lipinski definition) is 0. The normalized spacial score (nSPS) is 18.9. The van der Waals surface area contributed by atoms with Gasteiger partial charge in [0.1, 0.15) is 6.61 Å². The first-order chi connectivity index (χ1) is 9.20. The van der Waals surface area contributed by atoms with Gasteiger partial charge in [-0.1, -0.05) is 0 Å². The topological polar surface area (TPSA) is 70.8 Å². The average Bonchev–Trinajstić information content (AvgIpc) is 2.45. The molecule has 1 heterocycles. The van der Waals surface area contributed by atoms with Crippen molar-refractivity contribution in [2.45, 2.75) is 25.4 Å². The van der Waals surface area contributed by atoms with Crippen molar-refractivity contribution in [3.63, 3.8) is 0 Å². The Morgan fingerprint density at radius 3 is 2.89 bits per heavy atom. The van der Waals surface area contributed by atoms with Crippen molar-refractivity contribution in [2.24, 2.45) is 0 Å². The van der Waals surface area contributed by atoms with E-state index in [1.54, 1.807) is 6.07 Å². The summed E-state index contributed by atoms with van der Waals surface area (Å²) in [6.07, 6.45) is 3.31. The molecule has 1 fully saturated rings. The van der Waals surface area contributed by atoms with Crippen molar-refractivity contribution < 1.29 is 19.1 Å². The number of ether oxygens (including phenoxy) is 3. The van der Waals surface area contributed by atoms with Gasteiger partial charge in [-0.3, -0.25) is 10.1 Å². The van der Waals surface area contributed by atoms with Gasteiger partial charge in [-0.15, -0.1) is 0 Å². The van der Waals surface area contributed by atoms with Crippen LogP contribution >= 0.6 is 0 Å². The molecule has 1 unspecified atom stereocenters. The zero-order valence-electron chi connectivity index (χ0n) is 10.8. The van der Waals surface area contributed by atoms with Crippen molar-refractivity contribution in [1.29, 1.82) is 0 Å². The third kappa shape index (κ3) is 3.57. The van der Waals surface area contributed by atoms with Crippen molar-refractivity contribution in [3.8, 4) is 11.5 Å². The maximum Gasteiger partial charge on any atom is 0.273 e. The maximum atomic E-state index is 10.7. The van der Waals surface area contributed by atoms with Gasteiger partial charge in [0.05, 0.1) is 24.2 Å². The Balaban J connectivity index is 2.00. The fourth-order valence-electron chi connectivity index (χ4n) is 2.01. The summed E-state index contributed by atoms with van der Waals surface area (Å²) in [6, 6.07) is 4.32. The fourth-order valence-corrected chi connectivity index (χ4v) is 2.01. The Morgan fingerprint density at radius 1 is 1.42 bits per heavy atom. The van der Waals surface area contributed by atoms with Gasteiger partial charge in [0.2, 0.25) is 0 Å². The lowest BCUT2D eigenvalue weighted by atomic mass is 10.1. The molecular formula is C13H17NO5. The molecule has 0 aromatic heterocycles. The van der Waals surface area contributed by atoms with Crippen molar-refractivity contribution in [2.75, 3.05) is 20.3 Å². The molecule has 1 saturated heterocycles. The molecule has 0 radical (unpaired) electrons. The van der Waals surface area contributed by atoms with Gasteiger partial charge < -0.3 is 14.2 Å². The third-order valence-electron chi connectivity index (χ3n) is 3.06. The minimum absolute atomic E-state index is 0.0156. The molecule has 6 nitrogen and oxygen atoms in total. The lowest BCUT2D eigenvalue weighted by Crippen LogP contribution is -2.25. The van der Waals surface area contributed by atoms with Gasteiger partial charge in [0.15, 0.2) is 11.5 Å². The molecule has 1 atom stereocenters. The number of rotatable bonds is 5. The number of hydrogen-bond acceptors (Lipinski definition) is 5. The summed E-state index contributed by atoms with van der Waals surface area (Å²) in [5.41, 5.74) is -0.0156. The first kappa shape index (κ1) is 13.6. The second kappa shape index (κ2) is 6.38. The summed E-state index contributed by atoms with van der Waals surface area (Å²) in [5, 5.41) is 10.7. The van der Waals surface area contributed by atoms with Crippen LogP contribution in [-0.2, 0) is 4.74 Å². The third-order valence-corrected chi connectivity index (χ3v) is 3.06. The van der Waals surface area contributed by atoms with E-state index in [1.807, 2.05) is 0 Å². The lowest BCUT2D eigenvalue weighted by Gasteiger charge is -2.23. The highest BCUT2D eigenvalue weighted by atomic mass is 16.6. The molecule has 0 spiro atoms. The van der Waals surface area contributed by atoms with E-state index in [0.29, 0.717) is 18.1 Å². The molecule has 1 aromatic rings. The van der Waals surface area contributed by atoms with E-state index in [2.05, 4.69) is 0 Å². The predicted molar refractivity (Wildman–Crippen MR) is 68.7 cm³/mol. The average molecular weight is 267 g/mol. The first-order valence-electron chi connectivity index (χ1n) is 6.27. The Morgan fingerprint density at radius 2 is 2.26 bits per heavy atom. The molecule has 0 amide bonds. The highest BCUT2D eigenvalue weighted by Crippen LogP contribution is 2.31. The number of nitro groups is 1. The molecule has 1 aromatic carbocycles. The zero-order valence-corrected chi connectivity index (χ0v) is 10.8. The second-order valence-corrected chi connectivity index (χ2v) is 4.39. The summed E-state index contributed by atoms with van der Waals surface area (Å²) >= 11 is 0. The van der Waals surface area contributed by atoms with Crippen LogP contribution in [0.4, 0.5) is 5.69 Å². The number of nitrogens with zero attached hydrogens (tertiary/aromatic N) is 1. The van der Waals surface area contributed by atoms with Crippen LogP contribution in [-0.4, -0.2) is 31.4 Å². The van der Waals surface area contributed by atoms with Crippen molar-refractivity contribution >= 4 is 5.69 Å². The van der Waals surface area contributed by atoms with Gasteiger partial charge >= 0.3 is 0 Å². The molecule has 0 aliphatic carbocycles. The molecule has 0 bridgehead atoms. The van der Waals surface area contributed by atoms with Gasteiger partial charge in [-0.2, -0.15) is 0 Å². The summed E-state index contributed by atoms with van der Waals surface area (Å²) < 4.78 is 16.3. The van der Waals surface area contributed by atoms with E-state index < -0.39 is 4.92 Å². The zero-order chi connectivity index (χ0) is 13.7. The Labute approximate surface area is 111 Å². The van der Waals surface area contributed by atoms with E-state index in [9.17, 15) is 10.1 Å². The maximum absolute atomic E-state index is 10.7. The molecular weight excluding hydrogens is 250 g/mol. The van der Waals surface area contributed by atoms with Crippen LogP contribution in [0.1, 0.15) is 19.3 Å². The van der Waals surface area contributed by atoms with Gasteiger partial charge in [0.25, 0.3) is 5.69 Å². The number of non-ortho nitro benzene ring substituents is 1. The molecule has 0 saturated carbocycles. The predicted octanol–water partition coefficient (Wildman–Crippen LogP) is 2.55. The highest BCUT2D eigenvalue weighted by molar-refractivity contribution is 5.48. The SMILES string of the molecule is COc1cc([N+](=O)[O-])ccc1OCC1CCCCO1. The molecule has 19 heavy (non-hydrogen) atoms. The second-order valence-electron chi connectivity index (χ2n) is 4.39. The number of nitro benzene ring substituents is 1. The quantitative estimate of drug-likeness (QED) is 0.605. The van der Waals surface area contributed by atoms with Crippen LogP contribution in [0, 0.1) is 10.1 Å². The Hall–Kier alpha value is -1.82. The molecule has 1 aliphatic rings. The smallest absolute Gasteiger partial charge is 0.273 e. The standard InChI is InChI=1S/C13H17NO5/c1-17-13-8-10(14(15)16)5-6-12(13)19-9-11-4-2-3-7-18-11/h5-6,8,11H,2-4,7,9H2,1H3. The molecule has 1 aliphatic heterocycles. The molecule has 104 valence electrons. The van der Waals surface area contributed by atoms with E-state index in [-0.39, 0.29) is 11.8 Å². The highest BCUT2D eigenvalue weighted by Gasteiger charge is 2.17. The van der Waals surface area contributed by atoms with E-state index in [4.69, 9.17) is 14.2 Å². The van der Waals surface area contributed by atoms with Crippen molar-refractivity contribution in [1.82, 2.24) is 0 Å². The monoisotopic (exact) mass is 267 g/mol. The van der Waals surface area contributed by atoms with Crippen LogP contribution in [0.5, 0.6) is 11.5 Å². The van der Waals surface area contributed by atoms with E-state index in [0.717, 1.165) is 25.9 Å². The minimum Gasteiger partial charge on any atom is -0.493 e. The molecule has 2 rings (SSSR count).